The molecule has 1 aliphatic carbocycles. The topological polar surface area (TPSA) is 66.8 Å². The summed E-state index contributed by atoms with van der Waals surface area (Å²) in [5.41, 5.74) is 0.971. The van der Waals surface area contributed by atoms with E-state index in [0.717, 1.165) is 18.4 Å². The maximum atomic E-state index is 12.1. The largest absolute Gasteiger partial charge is 0.481 e. The molecule has 5 heteroatoms. The van der Waals surface area contributed by atoms with Crippen LogP contribution in [0.3, 0.4) is 0 Å². The van der Waals surface area contributed by atoms with Gasteiger partial charge in [0.15, 0.2) is 0 Å². The number of nitrogens with zero attached hydrogens (tertiary/aromatic N) is 1. The number of hydrogen-bond acceptors (Lipinski definition) is 3. The van der Waals surface area contributed by atoms with Crippen LogP contribution >= 0.6 is 0 Å². The fourth-order valence-corrected chi connectivity index (χ4v) is 3.51. The molecule has 3 rings (SSSR count). The Labute approximate surface area is 123 Å². The number of carboxylic acids is 1. The molecule has 1 aliphatic heterocycles. The molecular formula is C16H19NO4. The first-order chi connectivity index (χ1) is 10.1. The third-order valence-electron chi connectivity index (χ3n) is 4.62. The molecule has 0 spiro atoms. The molecule has 1 amide bonds. The van der Waals surface area contributed by atoms with E-state index in [2.05, 4.69) is 0 Å². The van der Waals surface area contributed by atoms with E-state index in [9.17, 15) is 9.59 Å². The van der Waals surface area contributed by atoms with Crippen LogP contribution in [0.15, 0.2) is 30.3 Å². The average Bonchev–Trinajstić information content (AvgIpc) is 2.80. The Bertz CT molecular complexity index is 530. The molecule has 0 aromatic heterocycles. The number of amides is 1. The monoisotopic (exact) mass is 289 g/mol. The molecule has 1 saturated heterocycles. The lowest BCUT2D eigenvalue weighted by Gasteiger charge is -2.42. The molecule has 21 heavy (non-hydrogen) atoms. The summed E-state index contributed by atoms with van der Waals surface area (Å²) in [5, 5.41) is 8.85. The Balaban J connectivity index is 1.50. The quantitative estimate of drug-likeness (QED) is 0.924. The van der Waals surface area contributed by atoms with Crippen molar-refractivity contribution < 1.29 is 19.4 Å². The Morgan fingerprint density at radius 1 is 1.29 bits per heavy atom. The molecule has 0 bridgehead atoms. The lowest BCUT2D eigenvalue weighted by Crippen LogP contribution is -2.48. The number of carbonyl (C=O) groups excluding carboxylic acids is 1. The highest BCUT2D eigenvalue weighted by Crippen LogP contribution is 2.47. The summed E-state index contributed by atoms with van der Waals surface area (Å²) >= 11 is 0. The van der Waals surface area contributed by atoms with Crippen molar-refractivity contribution in [3.05, 3.63) is 35.9 Å². The molecule has 3 atom stereocenters. The van der Waals surface area contributed by atoms with Gasteiger partial charge < -0.3 is 14.7 Å². The second-order valence-electron chi connectivity index (χ2n) is 5.85. The summed E-state index contributed by atoms with van der Waals surface area (Å²) in [4.78, 5) is 24.7. The van der Waals surface area contributed by atoms with Crippen LogP contribution in [0.4, 0.5) is 4.79 Å². The van der Waals surface area contributed by atoms with Gasteiger partial charge in [0.1, 0.15) is 6.61 Å². The van der Waals surface area contributed by atoms with Gasteiger partial charge in [-0.1, -0.05) is 30.3 Å². The van der Waals surface area contributed by atoms with E-state index in [4.69, 9.17) is 9.84 Å². The van der Waals surface area contributed by atoms with E-state index in [1.165, 1.54) is 0 Å². The number of carbonyl (C=O) groups is 2. The molecule has 1 aromatic rings. The number of fused-ring (bicyclic) bond motifs is 1. The normalized spacial score (nSPS) is 26.9. The van der Waals surface area contributed by atoms with Crippen LogP contribution in [-0.4, -0.2) is 34.7 Å². The van der Waals surface area contributed by atoms with Gasteiger partial charge in [0, 0.05) is 19.0 Å². The second-order valence-corrected chi connectivity index (χ2v) is 5.85. The number of carboxylic acid groups (broad SMARTS) is 1. The van der Waals surface area contributed by atoms with Crippen LogP contribution in [0.5, 0.6) is 0 Å². The number of ether oxygens (including phenoxy) is 1. The van der Waals surface area contributed by atoms with Crippen LogP contribution < -0.4 is 0 Å². The predicted molar refractivity (Wildman–Crippen MR) is 75.6 cm³/mol. The molecule has 112 valence electrons. The zero-order valence-corrected chi connectivity index (χ0v) is 11.8. The van der Waals surface area contributed by atoms with Gasteiger partial charge in [0.25, 0.3) is 0 Å². The molecular weight excluding hydrogens is 270 g/mol. The van der Waals surface area contributed by atoms with Gasteiger partial charge in [-0.15, -0.1) is 0 Å². The van der Waals surface area contributed by atoms with Crippen LogP contribution in [0, 0.1) is 11.8 Å². The second kappa shape index (κ2) is 5.76. The van der Waals surface area contributed by atoms with Gasteiger partial charge in [-0.3, -0.25) is 4.79 Å². The zero-order valence-electron chi connectivity index (χ0n) is 11.8. The maximum Gasteiger partial charge on any atom is 0.410 e. The molecule has 0 radical (unpaired) electrons. The van der Waals surface area contributed by atoms with Crippen molar-refractivity contribution in [2.24, 2.45) is 11.8 Å². The molecule has 1 saturated carbocycles. The molecule has 2 aliphatic rings. The lowest BCUT2D eigenvalue weighted by atomic mass is 9.68. The fraction of sp³-hybridized carbons (Fsp3) is 0.500. The lowest BCUT2D eigenvalue weighted by molar-refractivity contribution is -0.140. The molecule has 1 aromatic carbocycles. The van der Waals surface area contributed by atoms with Crippen molar-refractivity contribution >= 4 is 12.1 Å². The standard InChI is InChI=1S/C16H19NO4/c18-15(19)9-12-8-14-13(12)6-7-17(14)16(20)21-10-11-4-2-1-3-5-11/h1-5,12-14H,6-10H2,(H,18,19). The van der Waals surface area contributed by atoms with E-state index in [1.807, 2.05) is 30.3 Å². The fourth-order valence-electron chi connectivity index (χ4n) is 3.51. The van der Waals surface area contributed by atoms with Crippen LogP contribution in [0.25, 0.3) is 0 Å². The number of aliphatic carboxylic acids is 1. The van der Waals surface area contributed by atoms with Crippen LogP contribution in [0.2, 0.25) is 0 Å². The maximum absolute atomic E-state index is 12.1. The predicted octanol–water partition coefficient (Wildman–Crippen LogP) is 2.51. The Morgan fingerprint density at radius 3 is 2.76 bits per heavy atom. The summed E-state index contributed by atoms with van der Waals surface area (Å²) in [6.07, 6.45) is 1.62. The van der Waals surface area contributed by atoms with E-state index in [0.29, 0.717) is 12.5 Å². The van der Waals surface area contributed by atoms with Crippen molar-refractivity contribution in [3.8, 4) is 0 Å². The molecule has 2 fully saturated rings. The van der Waals surface area contributed by atoms with Gasteiger partial charge in [-0.05, 0) is 30.2 Å². The SMILES string of the molecule is O=C(O)CC1CC2C1CCN2C(=O)OCc1ccccc1. The number of likely N-dealkylation sites (tertiary alicyclic amines) is 1. The van der Waals surface area contributed by atoms with Crippen LogP contribution in [0.1, 0.15) is 24.8 Å². The summed E-state index contributed by atoms with van der Waals surface area (Å²) in [7, 11) is 0. The van der Waals surface area contributed by atoms with Gasteiger partial charge >= 0.3 is 12.1 Å². The van der Waals surface area contributed by atoms with Gasteiger partial charge in [-0.2, -0.15) is 0 Å². The third kappa shape index (κ3) is 2.86. The first-order valence-electron chi connectivity index (χ1n) is 7.34. The summed E-state index contributed by atoms with van der Waals surface area (Å²) in [6.45, 7) is 0.963. The average molecular weight is 289 g/mol. The minimum Gasteiger partial charge on any atom is -0.481 e. The van der Waals surface area contributed by atoms with Crippen LogP contribution in [-0.2, 0) is 16.1 Å². The summed E-state index contributed by atoms with van der Waals surface area (Å²) in [5.74, 6) is -0.187. The number of benzene rings is 1. The van der Waals surface area contributed by atoms with Crippen molar-refractivity contribution in [3.63, 3.8) is 0 Å². The van der Waals surface area contributed by atoms with Crippen molar-refractivity contribution in [2.45, 2.75) is 31.9 Å². The highest BCUT2D eigenvalue weighted by atomic mass is 16.6. The van der Waals surface area contributed by atoms with E-state index >= 15 is 0 Å². The van der Waals surface area contributed by atoms with Crippen molar-refractivity contribution in [1.82, 2.24) is 4.90 Å². The smallest absolute Gasteiger partial charge is 0.410 e. The van der Waals surface area contributed by atoms with Crippen molar-refractivity contribution in [1.29, 1.82) is 0 Å². The Kier molecular flexibility index (Phi) is 3.82. The third-order valence-corrected chi connectivity index (χ3v) is 4.62. The van der Waals surface area contributed by atoms with Crippen molar-refractivity contribution in [2.75, 3.05) is 6.54 Å². The van der Waals surface area contributed by atoms with E-state index < -0.39 is 5.97 Å². The zero-order chi connectivity index (χ0) is 14.8. The highest BCUT2D eigenvalue weighted by molar-refractivity contribution is 5.70. The molecule has 5 nitrogen and oxygen atoms in total. The molecule has 1 heterocycles. The highest BCUT2D eigenvalue weighted by Gasteiger charge is 2.50. The van der Waals surface area contributed by atoms with Gasteiger partial charge in [-0.25, -0.2) is 4.79 Å². The van der Waals surface area contributed by atoms with Gasteiger partial charge in [0.05, 0.1) is 0 Å². The number of hydrogen-bond donors (Lipinski definition) is 1. The summed E-state index contributed by atoms with van der Waals surface area (Å²) < 4.78 is 5.35. The first kappa shape index (κ1) is 13.9. The minimum absolute atomic E-state index is 0.178. The minimum atomic E-state index is -0.747. The molecule has 3 unspecified atom stereocenters. The van der Waals surface area contributed by atoms with E-state index in [-0.39, 0.29) is 31.1 Å². The Morgan fingerprint density at radius 2 is 2.05 bits per heavy atom. The Hall–Kier alpha value is -2.04. The molecule has 1 N–H and O–H groups in total. The number of rotatable bonds is 4. The van der Waals surface area contributed by atoms with E-state index in [1.54, 1.807) is 4.90 Å². The van der Waals surface area contributed by atoms with Gasteiger partial charge in [0.2, 0.25) is 0 Å². The summed E-state index contributed by atoms with van der Waals surface area (Å²) in [6, 6.07) is 9.78. The first-order valence-corrected chi connectivity index (χ1v) is 7.34.